The number of carbonyl (C=O) groups is 1. The van der Waals surface area contributed by atoms with Gasteiger partial charge in [0.1, 0.15) is 17.2 Å². The molecule has 0 bridgehead atoms. The molecule has 1 aromatic carbocycles. The van der Waals surface area contributed by atoms with E-state index in [1.54, 1.807) is 0 Å². The second kappa shape index (κ2) is 7.47. The van der Waals surface area contributed by atoms with Crippen LogP contribution in [0.1, 0.15) is 31.1 Å². The van der Waals surface area contributed by atoms with Crippen molar-refractivity contribution in [1.82, 2.24) is 15.1 Å². The maximum atomic E-state index is 12.8. The van der Waals surface area contributed by atoms with Gasteiger partial charge in [0, 0.05) is 49.6 Å². The van der Waals surface area contributed by atoms with E-state index in [4.69, 9.17) is 4.42 Å². The van der Waals surface area contributed by atoms with Crippen molar-refractivity contribution < 1.29 is 9.21 Å². The summed E-state index contributed by atoms with van der Waals surface area (Å²) in [5.74, 6) is 2.07. The average molecular weight is 366 g/mol. The maximum Gasteiger partial charge on any atom is 0.224 e. The summed E-state index contributed by atoms with van der Waals surface area (Å²) in [6.07, 6.45) is 5.03. The minimum absolute atomic E-state index is 0.0631. The Morgan fingerprint density at radius 1 is 1.33 bits per heavy atom. The standard InChI is InChI=1S/C21H26N4O2/c1-3-18-17(16-8-4-5-9-19(16)27-18)13-20(26)23-15-7-6-12-25(14-15)21-10-11-22-24(21)2/h4-5,8-11,15H,3,6-7,12-14H2,1-2H3,(H,23,26). The van der Waals surface area contributed by atoms with Crippen LogP contribution in [0.3, 0.4) is 0 Å². The fourth-order valence-corrected chi connectivity index (χ4v) is 4.05. The number of para-hydroxylation sites is 1. The van der Waals surface area contributed by atoms with Gasteiger partial charge in [-0.2, -0.15) is 5.10 Å². The molecule has 6 heteroatoms. The van der Waals surface area contributed by atoms with Gasteiger partial charge in [-0.25, -0.2) is 0 Å². The molecule has 1 aliphatic rings. The number of fused-ring (bicyclic) bond motifs is 1. The van der Waals surface area contributed by atoms with Gasteiger partial charge >= 0.3 is 0 Å². The predicted octanol–water partition coefficient (Wildman–Crippen LogP) is 3.06. The molecule has 0 saturated carbocycles. The van der Waals surface area contributed by atoms with Crippen LogP contribution in [0.4, 0.5) is 5.82 Å². The zero-order chi connectivity index (χ0) is 18.8. The number of amides is 1. The Labute approximate surface area is 159 Å². The molecule has 1 unspecified atom stereocenters. The highest BCUT2D eigenvalue weighted by Crippen LogP contribution is 2.27. The number of benzene rings is 1. The molecule has 1 amide bonds. The van der Waals surface area contributed by atoms with Gasteiger partial charge in [-0.3, -0.25) is 9.48 Å². The Kier molecular flexibility index (Phi) is 4.88. The molecule has 3 heterocycles. The summed E-state index contributed by atoms with van der Waals surface area (Å²) in [6, 6.07) is 10.1. The Balaban J connectivity index is 1.45. The van der Waals surface area contributed by atoms with Gasteiger partial charge in [0.05, 0.1) is 12.6 Å². The summed E-state index contributed by atoms with van der Waals surface area (Å²) in [5.41, 5.74) is 1.88. The van der Waals surface area contributed by atoms with E-state index in [9.17, 15) is 4.79 Å². The van der Waals surface area contributed by atoms with E-state index in [1.807, 2.05) is 48.3 Å². The van der Waals surface area contributed by atoms with Crippen LogP contribution >= 0.6 is 0 Å². The second-order valence-electron chi connectivity index (χ2n) is 7.20. The van der Waals surface area contributed by atoms with Gasteiger partial charge in [-0.15, -0.1) is 0 Å². The minimum atomic E-state index is 0.0631. The number of nitrogens with one attached hydrogen (secondary N) is 1. The van der Waals surface area contributed by atoms with Gasteiger partial charge < -0.3 is 14.6 Å². The van der Waals surface area contributed by atoms with Crippen molar-refractivity contribution >= 4 is 22.7 Å². The van der Waals surface area contributed by atoms with Crippen molar-refractivity contribution in [2.75, 3.05) is 18.0 Å². The average Bonchev–Trinajstić information content (AvgIpc) is 3.25. The summed E-state index contributed by atoms with van der Waals surface area (Å²) in [5, 5.41) is 8.53. The third-order valence-electron chi connectivity index (χ3n) is 5.35. The zero-order valence-corrected chi connectivity index (χ0v) is 15.9. The van der Waals surface area contributed by atoms with Crippen LogP contribution in [0.2, 0.25) is 0 Å². The lowest BCUT2D eigenvalue weighted by molar-refractivity contribution is -0.121. The molecule has 142 valence electrons. The fraction of sp³-hybridized carbons (Fsp3) is 0.429. The summed E-state index contributed by atoms with van der Waals surface area (Å²) in [4.78, 5) is 15.1. The van der Waals surface area contributed by atoms with E-state index in [2.05, 4.69) is 22.2 Å². The number of hydrogen-bond donors (Lipinski definition) is 1. The fourth-order valence-electron chi connectivity index (χ4n) is 4.05. The maximum absolute atomic E-state index is 12.8. The largest absolute Gasteiger partial charge is 0.461 e. The quantitative estimate of drug-likeness (QED) is 0.754. The van der Waals surface area contributed by atoms with Crippen LogP contribution < -0.4 is 10.2 Å². The highest BCUT2D eigenvalue weighted by atomic mass is 16.3. The normalized spacial score (nSPS) is 17.4. The Morgan fingerprint density at radius 3 is 2.96 bits per heavy atom. The lowest BCUT2D eigenvalue weighted by Gasteiger charge is -2.34. The number of furan rings is 1. The molecule has 1 fully saturated rings. The van der Waals surface area contributed by atoms with Crippen LogP contribution in [-0.2, 0) is 24.7 Å². The smallest absolute Gasteiger partial charge is 0.224 e. The molecule has 0 spiro atoms. The first-order chi connectivity index (χ1) is 13.2. The summed E-state index contributed by atoms with van der Waals surface area (Å²) in [7, 11) is 1.95. The molecule has 1 atom stereocenters. The third-order valence-corrected chi connectivity index (χ3v) is 5.35. The second-order valence-corrected chi connectivity index (χ2v) is 7.20. The number of aromatic nitrogens is 2. The van der Waals surface area contributed by atoms with E-state index in [0.717, 1.165) is 60.5 Å². The molecule has 2 aromatic heterocycles. The van der Waals surface area contributed by atoms with Gasteiger partial charge in [-0.1, -0.05) is 25.1 Å². The van der Waals surface area contributed by atoms with Crippen molar-refractivity contribution in [2.24, 2.45) is 7.05 Å². The number of rotatable bonds is 5. The van der Waals surface area contributed by atoms with E-state index in [1.165, 1.54) is 0 Å². The molecular weight excluding hydrogens is 340 g/mol. The van der Waals surface area contributed by atoms with Gasteiger partial charge in [0.2, 0.25) is 5.91 Å². The Hall–Kier alpha value is -2.76. The number of anilines is 1. The number of carbonyl (C=O) groups excluding carboxylic acids is 1. The van der Waals surface area contributed by atoms with Crippen LogP contribution in [0, 0.1) is 0 Å². The molecule has 1 aliphatic heterocycles. The van der Waals surface area contributed by atoms with E-state index >= 15 is 0 Å². The van der Waals surface area contributed by atoms with Crippen molar-refractivity contribution in [1.29, 1.82) is 0 Å². The van der Waals surface area contributed by atoms with Crippen molar-refractivity contribution in [3.8, 4) is 0 Å². The summed E-state index contributed by atoms with van der Waals surface area (Å²) >= 11 is 0. The van der Waals surface area contributed by atoms with Crippen molar-refractivity contribution in [2.45, 2.75) is 38.6 Å². The topological polar surface area (TPSA) is 63.3 Å². The van der Waals surface area contributed by atoms with Gasteiger partial charge in [-0.05, 0) is 18.9 Å². The lowest BCUT2D eigenvalue weighted by atomic mass is 10.0. The first kappa shape index (κ1) is 17.6. The van der Waals surface area contributed by atoms with Crippen LogP contribution in [0.25, 0.3) is 11.0 Å². The Bertz CT molecular complexity index is 943. The van der Waals surface area contributed by atoms with E-state index < -0.39 is 0 Å². The molecule has 1 saturated heterocycles. The molecule has 1 N–H and O–H groups in total. The minimum Gasteiger partial charge on any atom is -0.461 e. The summed E-state index contributed by atoms with van der Waals surface area (Å²) in [6.45, 7) is 3.88. The monoisotopic (exact) mass is 366 g/mol. The summed E-state index contributed by atoms with van der Waals surface area (Å²) < 4.78 is 7.80. The van der Waals surface area contributed by atoms with E-state index in [-0.39, 0.29) is 11.9 Å². The predicted molar refractivity (Wildman–Crippen MR) is 106 cm³/mol. The van der Waals surface area contributed by atoms with Crippen molar-refractivity contribution in [3.05, 3.63) is 47.9 Å². The van der Waals surface area contributed by atoms with Gasteiger partial charge in [0.25, 0.3) is 0 Å². The molecule has 4 rings (SSSR count). The molecule has 27 heavy (non-hydrogen) atoms. The highest BCUT2D eigenvalue weighted by Gasteiger charge is 2.24. The van der Waals surface area contributed by atoms with Crippen molar-refractivity contribution in [3.63, 3.8) is 0 Å². The van der Waals surface area contributed by atoms with E-state index in [0.29, 0.717) is 6.42 Å². The number of aryl methyl sites for hydroxylation is 2. The molecule has 0 radical (unpaired) electrons. The third kappa shape index (κ3) is 3.56. The number of hydrogen-bond acceptors (Lipinski definition) is 4. The first-order valence-electron chi connectivity index (χ1n) is 9.67. The molecule has 3 aromatic rings. The van der Waals surface area contributed by atoms with Crippen LogP contribution in [0.15, 0.2) is 40.9 Å². The number of nitrogens with zero attached hydrogens (tertiary/aromatic N) is 3. The molecule has 0 aliphatic carbocycles. The first-order valence-corrected chi connectivity index (χ1v) is 9.67. The lowest BCUT2D eigenvalue weighted by Crippen LogP contribution is -2.48. The molecule has 6 nitrogen and oxygen atoms in total. The molecular formula is C21H26N4O2. The van der Waals surface area contributed by atoms with Crippen LogP contribution in [0.5, 0.6) is 0 Å². The Morgan fingerprint density at radius 2 is 2.19 bits per heavy atom. The van der Waals surface area contributed by atoms with Gasteiger partial charge in [0.15, 0.2) is 0 Å². The SMILES string of the molecule is CCc1oc2ccccc2c1CC(=O)NC1CCCN(c2ccnn2C)C1. The highest BCUT2D eigenvalue weighted by molar-refractivity contribution is 5.88. The zero-order valence-electron chi connectivity index (χ0n) is 15.9. The number of piperidine rings is 1. The van der Waals surface area contributed by atoms with Crippen LogP contribution in [-0.4, -0.2) is 34.8 Å².